The van der Waals surface area contributed by atoms with Crippen LogP contribution in [0.3, 0.4) is 0 Å². The van der Waals surface area contributed by atoms with E-state index in [-0.39, 0.29) is 11.1 Å². The van der Waals surface area contributed by atoms with Crippen LogP contribution in [-0.2, 0) is 0 Å². The minimum absolute atomic E-state index is 0.0532. The van der Waals surface area contributed by atoms with E-state index in [1.807, 2.05) is 18.2 Å². The minimum Gasteiger partial charge on any atom is -0.497 e. The maximum atomic E-state index is 8.79. The Morgan fingerprint density at radius 2 is 2.41 bits per heavy atom. The summed E-state index contributed by atoms with van der Waals surface area (Å²) in [5, 5.41) is 12.1. The Balaban J connectivity index is 2.44. The van der Waals surface area contributed by atoms with Crippen molar-refractivity contribution in [2.75, 3.05) is 25.1 Å². The van der Waals surface area contributed by atoms with Crippen LogP contribution in [-0.4, -0.2) is 30.6 Å². The lowest BCUT2D eigenvalue weighted by molar-refractivity contribution is 0.318. The second-order valence-electron chi connectivity index (χ2n) is 3.94. The number of anilines is 1. The summed E-state index contributed by atoms with van der Waals surface area (Å²) in [6.45, 7) is 3.70. The molecule has 0 aromatic heterocycles. The average molecular weight is 255 g/mol. The number of fused-ring (bicyclic) bond motifs is 1. The van der Waals surface area contributed by atoms with Gasteiger partial charge in [-0.15, -0.1) is 0 Å². The van der Waals surface area contributed by atoms with E-state index >= 15 is 0 Å². The van der Waals surface area contributed by atoms with E-state index in [1.54, 1.807) is 7.11 Å². The lowest BCUT2D eigenvalue weighted by Gasteiger charge is -2.17. The molecule has 1 aromatic carbocycles. The Morgan fingerprint density at radius 3 is 3.00 bits per heavy atom. The van der Waals surface area contributed by atoms with Gasteiger partial charge < -0.3 is 14.8 Å². The second kappa shape index (κ2) is 4.84. The second-order valence-corrected chi connectivity index (χ2v) is 4.33. The van der Waals surface area contributed by atoms with Gasteiger partial charge in [0.05, 0.1) is 13.0 Å². The van der Waals surface area contributed by atoms with E-state index in [9.17, 15) is 0 Å². The third-order valence-electron chi connectivity index (χ3n) is 3.12. The molecule has 1 unspecified atom stereocenters. The highest BCUT2D eigenvalue weighted by molar-refractivity contribution is 6.66. The molecule has 1 aliphatic heterocycles. The predicted octanol–water partition coefficient (Wildman–Crippen LogP) is 2.65. The summed E-state index contributed by atoms with van der Waals surface area (Å²) in [6, 6.07) is 5.86. The number of likely N-dealkylation sites (N-methyl/N-ethyl adjacent to an activating group) is 1. The first-order valence-corrected chi connectivity index (χ1v) is 5.89. The molecule has 0 saturated carbocycles. The van der Waals surface area contributed by atoms with Crippen molar-refractivity contribution in [3.8, 4) is 5.75 Å². The number of hydrogen-bond acceptors (Lipinski definition) is 4. The van der Waals surface area contributed by atoms with E-state index in [0.717, 1.165) is 30.1 Å². The van der Waals surface area contributed by atoms with Gasteiger partial charge in [-0.2, -0.15) is 0 Å². The van der Waals surface area contributed by atoms with Gasteiger partial charge in [0.15, 0.2) is 5.17 Å². The molecule has 2 rings (SSSR count). The maximum absolute atomic E-state index is 8.79. The highest BCUT2D eigenvalue weighted by Gasteiger charge is 2.31. The van der Waals surface area contributed by atoms with E-state index in [2.05, 4.69) is 17.0 Å². The molecule has 0 spiro atoms. The van der Waals surface area contributed by atoms with Gasteiger partial charge in [-0.05, 0) is 18.6 Å². The molecule has 1 N–H and O–H groups in total. The summed E-state index contributed by atoms with van der Waals surface area (Å²) in [7, 11) is 1.65. The van der Waals surface area contributed by atoms with Gasteiger partial charge in [-0.1, -0.05) is 22.8 Å². The Labute approximate surface area is 105 Å². The number of nitrogens with zero attached hydrogens (tertiary/aromatic N) is 2. The van der Waals surface area contributed by atoms with Crippen molar-refractivity contribution in [1.82, 2.24) is 0 Å². The molecule has 0 saturated heterocycles. The molecule has 1 atom stereocenters. The van der Waals surface area contributed by atoms with E-state index in [0.29, 0.717) is 0 Å². The van der Waals surface area contributed by atoms with Crippen LogP contribution in [0.15, 0.2) is 23.4 Å². The molecular formula is C12H15ClN2O2. The van der Waals surface area contributed by atoms with Crippen molar-refractivity contribution in [1.29, 1.82) is 0 Å². The van der Waals surface area contributed by atoms with E-state index < -0.39 is 0 Å². The third-order valence-corrected chi connectivity index (χ3v) is 3.46. The van der Waals surface area contributed by atoms with Crippen LogP contribution >= 0.6 is 11.6 Å². The molecule has 0 fully saturated rings. The van der Waals surface area contributed by atoms with Crippen LogP contribution in [0.5, 0.6) is 5.75 Å². The van der Waals surface area contributed by atoms with Crippen molar-refractivity contribution in [2.45, 2.75) is 12.8 Å². The van der Waals surface area contributed by atoms with Crippen LogP contribution in [0.25, 0.3) is 0 Å². The number of ether oxygens (including phenoxy) is 1. The van der Waals surface area contributed by atoms with Crippen LogP contribution in [0.1, 0.15) is 18.4 Å². The first kappa shape index (κ1) is 12.0. The maximum Gasteiger partial charge on any atom is 0.154 e. The Kier molecular flexibility index (Phi) is 3.43. The summed E-state index contributed by atoms with van der Waals surface area (Å²) in [4.78, 5) is 2.19. The first-order valence-electron chi connectivity index (χ1n) is 5.51. The smallest absolute Gasteiger partial charge is 0.154 e. The molecule has 1 aliphatic rings. The molecule has 5 heteroatoms. The van der Waals surface area contributed by atoms with Crippen LogP contribution in [0, 0.1) is 0 Å². The molecule has 1 aromatic rings. The Bertz CT molecular complexity index is 448. The number of methoxy groups -OCH3 is 1. The van der Waals surface area contributed by atoms with E-state index in [1.165, 1.54) is 0 Å². The van der Waals surface area contributed by atoms with Crippen molar-refractivity contribution in [2.24, 2.45) is 5.16 Å². The van der Waals surface area contributed by atoms with Crippen molar-refractivity contribution < 1.29 is 9.94 Å². The van der Waals surface area contributed by atoms with Gasteiger partial charge in [-0.3, -0.25) is 0 Å². The highest BCUT2D eigenvalue weighted by atomic mass is 35.5. The third kappa shape index (κ3) is 2.05. The quantitative estimate of drug-likeness (QED) is 0.512. The van der Waals surface area contributed by atoms with Gasteiger partial charge >= 0.3 is 0 Å². The molecule has 0 aliphatic carbocycles. The monoisotopic (exact) mass is 254 g/mol. The fourth-order valence-corrected chi connectivity index (χ4v) is 2.40. The Morgan fingerprint density at radius 1 is 1.65 bits per heavy atom. The topological polar surface area (TPSA) is 45.1 Å². The van der Waals surface area contributed by atoms with Crippen LogP contribution in [0.4, 0.5) is 5.69 Å². The normalized spacial score (nSPS) is 19.4. The predicted molar refractivity (Wildman–Crippen MR) is 68.7 cm³/mol. The van der Waals surface area contributed by atoms with Gasteiger partial charge in [0, 0.05) is 24.8 Å². The van der Waals surface area contributed by atoms with E-state index in [4.69, 9.17) is 21.5 Å². The lowest BCUT2D eigenvalue weighted by atomic mass is 10.0. The summed E-state index contributed by atoms with van der Waals surface area (Å²) < 4.78 is 5.22. The number of rotatable bonds is 3. The van der Waals surface area contributed by atoms with Gasteiger partial charge in [0.25, 0.3) is 0 Å². The number of oxime groups is 1. The first-order chi connectivity index (χ1) is 8.21. The van der Waals surface area contributed by atoms with Crippen LogP contribution in [0.2, 0.25) is 0 Å². The van der Waals surface area contributed by atoms with Gasteiger partial charge in [-0.25, -0.2) is 0 Å². The zero-order chi connectivity index (χ0) is 12.4. The van der Waals surface area contributed by atoms with Crippen molar-refractivity contribution in [3.05, 3.63) is 23.8 Å². The number of halogens is 1. The zero-order valence-electron chi connectivity index (χ0n) is 9.85. The minimum atomic E-state index is -0.0532. The number of benzene rings is 1. The molecule has 1 heterocycles. The molecule has 0 bridgehead atoms. The molecular weight excluding hydrogens is 240 g/mol. The molecule has 4 nitrogen and oxygen atoms in total. The average Bonchev–Trinajstić information content (AvgIpc) is 2.75. The number of hydrogen-bond donors (Lipinski definition) is 1. The standard InChI is InChI=1S/C12H15ClN2O2/c1-3-15-7-10(12(13)14-16)9-5-4-8(17-2)6-11(9)15/h4-6,10,16H,3,7H2,1-2H3/b14-12-. The summed E-state index contributed by atoms with van der Waals surface area (Å²) in [5.74, 6) is 0.766. The van der Waals surface area contributed by atoms with Crippen molar-refractivity contribution >= 4 is 22.5 Å². The molecule has 0 radical (unpaired) electrons. The lowest BCUT2D eigenvalue weighted by Crippen LogP contribution is -2.22. The van der Waals surface area contributed by atoms with Gasteiger partial charge in [0.1, 0.15) is 5.75 Å². The molecule has 17 heavy (non-hydrogen) atoms. The fourth-order valence-electron chi connectivity index (χ4n) is 2.21. The summed E-state index contributed by atoms with van der Waals surface area (Å²) in [5.41, 5.74) is 2.18. The fraction of sp³-hybridized carbons (Fsp3) is 0.417. The summed E-state index contributed by atoms with van der Waals surface area (Å²) >= 11 is 5.94. The Hall–Kier alpha value is -1.42. The largest absolute Gasteiger partial charge is 0.497 e. The SMILES string of the molecule is CCN1CC(/C(Cl)=N/O)c2ccc(OC)cc21. The summed E-state index contributed by atoms with van der Waals surface area (Å²) in [6.07, 6.45) is 0. The highest BCUT2D eigenvalue weighted by Crippen LogP contribution is 2.39. The van der Waals surface area contributed by atoms with Crippen molar-refractivity contribution in [3.63, 3.8) is 0 Å². The zero-order valence-corrected chi connectivity index (χ0v) is 10.6. The van der Waals surface area contributed by atoms with Crippen LogP contribution < -0.4 is 9.64 Å². The molecule has 0 amide bonds. The van der Waals surface area contributed by atoms with Gasteiger partial charge in [0.2, 0.25) is 0 Å². The molecule has 92 valence electrons.